The topological polar surface area (TPSA) is 103 Å². The normalized spacial score (nSPS) is 11.8. The molecule has 0 saturated heterocycles. The van der Waals surface area contributed by atoms with E-state index in [1.165, 1.54) is 12.1 Å². The SMILES string of the molecule is CCc1ccc2c(COC(=O)CNS(=O)(=O)/C=C/c3ccccc3)cc(=O)oc2c1. The Morgan fingerprint density at radius 1 is 1.13 bits per heavy atom. The zero-order valence-electron chi connectivity index (χ0n) is 16.3. The Bertz CT molecular complexity index is 1230. The number of rotatable bonds is 8. The zero-order valence-corrected chi connectivity index (χ0v) is 17.1. The molecule has 7 nitrogen and oxygen atoms in total. The van der Waals surface area contributed by atoms with Gasteiger partial charge in [-0.2, -0.15) is 0 Å². The van der Waals surface area contributed by atoms with Gasteiger partial charge in [0.1, 0.15) is 18.7 Å². The fourth-order valence-electron chi connectivity index (χ4n) is 2.76. The molecule has 0 spiro atoms. The molecule has 1 heterocycles. The molecule has 1 aromatic heterocycles. The minimum absolute atomic E-state index is 0.173. The summed E-state index contributed by atoms with van der Waals surface area (Å²) in [4.78, 5) is 23.8. The lowest BCUT2D eigenvalue weighted by molar-refractivity contribution is -0.143. The Morgan fingerprint density at radius 3 is 2.63 bits per heavy atom. The molecule has 156 valence electrons. The van der Waals surface area contributed by atoms with Gasteiger partial charge < -0.3 is 9.15 Å². The summed E-state index contributed by atoms with van der Waals surface area (Å²) in [6.45, 7) is 1.29. The molecule has 3 rings (SSSR count). The molecule has 0 aliphatic heterocycles. The van der Waals surface area contributed by atoms with Gasteiger partial charge in [-0.1, -0.05) is 49.4 Å². The van der Waals surface area contributed by atoms with Crippen LogP contribution >= 0.6 is 0 Å². The van der Waals surface area contributed by atoms with Crippen molar-refractivity contribution in [1.82, 2.24) is 4.72 Å². The number of fused-ring (bicyclic) bond motifs is 1. The van der Waals surface area contributed by atoms with Crippen LogP contribution in [0, 0.1) is 0 Å². The van der Waals surface area contributed by atoms with Crippen molar-refractivity contribution in [3.8, 4) is 0 Å². The molecular formula is C22H21NO6S. The van der Waals surface area contributed by atoms with E-state index in [9.17, 15) is 18.0 Å². The van der Waals surface area contributed by atoms with Crippen molar-refractivity contribution in [1.29, 1.82) is 0 Å². The lowest BCUT2D eigenvalue weighted by Gasteiger charge is -2.08. The van der Waals surface area contributed by atoms with Crippen LogP contribution in [0.5, 0.6) is 0 Å². The molecule has 2 aromatic carbocycles. The van der Waals surface area contributed by atoms with E-state index < -0.39 is 28.2 Å². The molecule has 0 unspecified atom stereocenters. The van der Waals surface area contributed by atoms with Gasteiger partial charge in [-0.05, 0) is 29.7 Å². The van der Waals surface area contributed by atoms with Crippen molar-refractivity contribution in [3.63, 3.8) is 0 Å². The summed E-state index contributed by atoms with van der Waals surface area (Å²) >= 11 is 0. The second-order valence-corrected chi connectivity index (χ2v) is 8.17. The number of carbonyl (C=O) groups excluding carboxylic acids is 1. The number of benzene rings is 2. The van der Waals surface area contributed by atoms with Crippen molar-refractivity contribution in [2.75, 3.05) is 6.54 Å². The molecular weight excluding hydrogens is 406 g/mol. The smallest absolute Gasteiger partial charge is 0.336 e. The van der Waals surface area contributed by atoms with Gasteiger partial charge in [-0.25, -0.2) is 17.9 Å². The molecule has 0 atom stereocenters. The average molecular weight is 427 g/mol. The molecule has 0 fully saturated rings. The van der Waals surface area contributed by atoms with Crippen LogP contribution in [-0.4, -0.2) is 20.9 Å². The van der Waals surface area contributed by atoms with Crippen molar-refractivity contribution in [2.45, 2.75) is 20.0 Å². The van der Waals surface area contributed by atoms with Gasteiger partial charge in [0, 0.05) is 22.4 Å². The van der Waals surface area contributed by atoms with Crippen LogP contribution in [0.4, 0.5) is 0 Å². The Morgan fingerprint density at radius 2 is 1.90 bits per heavy atom. The van der Waals surface area contributed by atoms with Crippen LogP contribution in [-0.2, 0) is 32.6 Å². The Hall–Kier alpha value is -3.23. The van der Waals surface area contributed by atoms with Crippen molar-refractivity contribution in [2.24, 2.45) is 0 Å². The summed E-state index contributed by atoms with van der Waals surface area (Å²) < 4.78 is 36.5. The number of nitrogens with one attached hydrogen (secondary N) is 1. The lowest BCUT2D eigenvalue weighted by Crippen LogP contribution is -2.29. The van der Waals surface area contributed by atoms with E-state index in [-0.39, 0.29) is 6.61 Å². The lowest BCUT2D eigenvalue weighted by atomic mass is 10.1. The highest BCUT2D eigenvalue weighted by Gasteiger charge is 2.12. The number of aryl methyl sites for hydroxylation is 1. The predicted molar refractivity (Wildman–Crippen MR) is 114 cm³/mol. The average Bonchev–Trinajstić information content (AvgIpc) is 2.75. The van der Waals surface area contributed by atoms with Crippen LogP contribution in [0.2, 0.25) is 0 Å². The summed E-state index contributed by atoms with van der Waals surface area (Å²) in [5, 5.41) is 1.64. The zero-order chi connectivity index (χ0) is 21.6. The van der Waals surface area contributed by atoms with Crippen molar-refractivity contribution >= 4 is 33.0 Å². The van der Waals surface area contributed by atoms with Crippen LogP contribution in [0.25, 0.3) is 17.0 Å². The van der Waals surface area contributed by atoms with E-state index in [0.29, 0.717) is 22.1 Å². The quantitative estimate of drug-likeness (QED) is 0.438. The third kappa shape index (κ3) is 5.88. The summed E-state index contributed by atoms with van der Waals surface area (Å²) in [6.07, 6.45) is 2.21. The first-order chi connectivity index (χ1) is 14.4. The number of ether oxygens (including phenoxy) is 1. The number of carbonyl (C=O) groups is 1. The van der Waals surface area contributed by atoms with Crippen LogP contribution in [0.15, 0.2) is 69.2 Å². The van der Waals surface area contributed by atoms with E-state index in [1.807, 2.05) is 19.1 Å². The molecule has 0 bridgehead atoms. The van der Waals surface area contributed by atoms with Gasteiger partial charge in [0.2, 0.25) is 10.0 Å². The van der Waals surface area contributed by atoms with E-state index in [2.05, 4.69) is 4.72 Å². The molecule has 1 N–H and O–H groups in total. The fourth-order valence-corrected chi connectivity index (χ4v) is 3.51. The first-order valence-electron chi connectivity index (χ1n) is 9.30. The second-order valence-electron chi connectivity index (χ2n) is 6.51. The highest BCUT2D eigenvalue weighted by atomic mass is 32.2. The maximum Gasteiger partial charge on any atom is 0.336 e. The van der Waals surface area contributed by atoms with Gasteiger partial charge in [0.15, 0.2) is 0 Å². The summed E-state index contributed by atoms with van der Waals surface area (Å²) in [7, 11) is -3.80. The van der Waals surface area contributed by atoms with Crippen LogP contribution in [0.1, 0.15) is 23.6 Å². The Balaban J connectivity index is 1.61. The monoisotopic (exact) mass is 427 g/mol. The largest absolute Gasteiger partial charge is 0.460 e. The van der Waals surface area contributed by atoms with Crippen molar-refractivity contribution < 1.29 is 22.4 Å². The van der Waals surface area contributed by atoms with Crippen LogP contribution in [0.3, 0.4) is 0 Å². The highest BCUT2D eigenvalue weighted by Crippen LogP contribution is 2.19. The molecule has 0 aliphatic rings. The predicted octanol–water partition coefficient (Wildman–Crippen LogP) is 2.99. The van der Waals surface area contributed by atoms with Gasteiger partial charge in [0.05, 0.1) is 0 Å². The minimum Gasteiger partial charge on any atom is -0.460 e. The number of hydrogen-bond donors (Lipinski definition) is 1. The maximum absolute atomic E-state index is 12.0. The Kier molecular flexibility index (Phi) is 6.81. The third-order valence-corrected chi connectivity index (χ3v) is 5.39. The number of sulfonamides is 1. The fraction of sp³-hybridized carbons (Fsp3) is 0.182. The summed E-state index contributed by atoms with van der Waals surface area (Å²) in [5.74, 6) is -0.766. The summed E-state index contributed by atoms with van der Waals surface area (Å²) in [5.41, 5.74) is 2.08. The molecule has 0 aliphatic carbocycles. The first kappa shape index (κ1) is 21.5. The van der Waals surface area contributed by atoms with Gasteiger partial charge in [-0.15, -0.1) is 0 Å². The number of hydrogen-bond acceptors (Lipinski definition) is 6. The molecule has 0 saturated carbocycles. The molecule has 8 heteroatoms. The van der Waals surface area contributed by atoms with Gasteiger partial charge >= 0.3 is 11.6 Å². The van der Waals surface area contributed by atoms with Gasteiger partial charge in [0.25, 0.3) is 0 Å². The minimum atomic E-state index is -3.80. The standard InChI is InChI=1S/C22H21NO6S/c1-2-16-8-9-19-18(13-21(24)29-20(19)12-16)15-28-22(25)14-23-30(26,27)11-10-17-6-4-3-5-7-17/h3-13,23H,2,14-15H2,1H3/b11-10+. The van der Waals surface area contributed by atoms with Crippen molar-refractivity contribution in [3.05, 3.63) is 87.1 Å². The third-order valence-electron chi connectivity index (χ3n) is 4.35. The van der Waals surface area contributed by atoms with E-state index in [4.69, 9.17) is 9.15 Å². The van der Waals surface area contributed by atoms with E-state index in [1.54, 1.807) is 36.4 Å². The molecule has 3 aromatic rings. The van der Waals surface area contributed by atoms with E-state index >= 15 is 0 Å². The number of esters is 1. The molecule has 0 radical (unpaired) electrons. The second kappa shape index (κ2) is 9.51. The van der Waals surface area contributed by atoms with Crippen LogP contribution < -0.4 is 10.3 Å². The van der Waals surface area contributed by atoms with E-state index in [0.717, 1.165) is 17.4 Å². The van der Waals surface area contributed by atoms with Gasteiger partial charge in [-0.3, -0.25) is 4.79 Å². The molecule has 0 amide bonds. The molecule has 30 heavy (non-hydrogen) atoms. The maximum atomic E-state index is 12.0. The highest BCUT2D eigenvalue weighted by molar-refractivity contribution is 7.92. The summed E-state index contributed by atoms with van der Waals surface area (Å²) in [6, 6.07) is 15.6. The Labute approximate surface area is 174 Å². The first-order valence-corrected chi connectivity index (χ1v) is 10.8.